The van der Waals surface area contributed by atoms with Crippen LogP contribution < -0.4 is 5.32 Å². The molecular weight excluding hydrogens is 186 g/mol. The van der Waals surface area contributed by atoms with E-state index >= 15 is 0 Å². The van der Waals surface area contributed by atoms with Gasteiger partial charge in [-0.2, -0.15) is 0 Å². The molecule has 0 amide bonds. The average molecular weight is 209 g/mol. The fraction of sp³-hybridized carbons (Fsp3) is 0.750. The number of aromatic nitrogens is 2. The molecule has 0 saturated carbocycles. The first-order valence-corrected chi connectivity index (χ1v) is 5.90. The lowest BCUT2D eigenvalue weighted by molar-refractivity contribution is 0.452. The van der Waals surface area contributed by atoms with Gasteiger partial charge in [0.15, 0.2) is 0 Å². The molecule has 86 valence electrons. The Kier molecular flexibility index (Phi) is 5.40. The number of H-pyrrole nitrogens is 1. The smallest absolute Gasteiger partial charge is 0.107 e. The molecule has 3 nitrogen and oxygen atoms in total. The van der Waals surface area contributed by atoms with Gasteiger partial charge in [-0.25, -0.2) is 4.98 Å². The van der Waals surface area contributed by atoms with E-state index in [1.807, 2.05) is 6.20 Å². The van der Waals surface area contributed by atoms with Crippen LogP contribution in [-0.4, -0.2) is 22.6 Å². The van der Waals surface area contributed by atoms with Crippen molar-refractivity contribution in [1.29, 1.82) is 0 Å². The highest BCUT2D eigenvalue weighted by atomic mass is 14.9. The molecule has 0 aliphatic carbocycles. The maximum atomic E-state index is 4.19. The molecule has 0 bridgehead atoms. The van der Waals surface area contributed by atoms with Crippen molar-refractivity contribution in [1.82, 2.24) is 15.3 Å². The van der Waals surface area contributed by atoms with Crippen molar-refractivity contribution in [3.05, 3.63) is 18.2 Å². The minimum atomic E-state index is 0.613. The Morgan fingerprint density at radius 2 is 2.13 bits per heavy atom. The van der Waals surface area contributed by atoms with Gasteiger partial charge in [-0.3, -0.25) is 0 Å². The average Bonchev–Trinajstić information content (AvgIpc) is 2.67. The molecule has 1 atom stereocenters. The molecule has 1 aromatic rings. The Hall–Kier alpha value is -0.830. The zero-order valence-corrected chi connectivity index (χ0v) is 10.1. The van der Waals surface area contributed by atoms with Crippen LogP contribution in [0.2, 0.25) is 0 Å². The van der Waals surface area contributed by atoms with Gasteiger partial charge in [0.25, 0.3) is 0 Å². The highest BCUT2D eigenvalue weighted by Crippen LogP contribution is 2.06. The van der Waals surface area contributed by atoms with Gasteiger partial charge in [0.05, 0.1) is 0 Å². The van der Waals surface area contributed by atoms with E-state index < -0.39 is 0 Å². The van der Waals surface area contributed by atoms with Crippen molar-refractivity contribution < 1.29 is 0 Å². The maximum absolute atomic E-state index is 4.19. The molecule has 0 aliphatic rings. The number of rotatable bonds is 7. The summed E-state index contributed by atoms with van der Waals surface area (Å²) < 4.78 is 0. The van der Waals surface area contributed by atoms with E-state index in [4.69, 9.17) is 0 Å². The van der Waals surface area contributed by atoms with Crippen molar-refractivity contribution in [2.24, 2.45) is 5.92 Å². The number of nitrogens with one attached hydrogen (secondary N) is 2. The predicted octanol–water partition coefficient (Wildman–Crippen LogP) is 2.37. The van der Waals surface area contributed by atoms with Gasteiger partial charge in [0.1, 0.15) is 5.82 Å². The van der Waals surface area contributed by atoms with Crippen LogP contribution in [-0.2, 0) is 6.42 Å². The minimum Gasteiger partial charge on any atom is -0.349 e. The minimum absolute atomic E-state index is 0.613. The van der Waals surface area contributed by atoms with Gasteiger partial charge in [0, 0.05) is 31.4 Å². The molecule has 0 aliphatic heterocycles. The molecular formula is C12H23N3. The SMILES string of the molecule is CC(C)CCC(C)NCCc1ncc[nH]1. The zero-order chi connectivity index (χ0) is 11.1. The molecule has 2 N–H and O–H groups in total. The summed E-state index contributed by atoms with van der Waals surface area (Å²) >= 11 is 0. The second-order valence-electron chi connectivity index (χ2n) is 4.61. The summed E-state index contributed by atoms with van der Waals surface area (Å²) in [7, 11) is 0. The summed E-state index contributed by atoms with van der Waals surface area (Å²) in [6.45, 7) is 7.81. The van der Waals surface area contributed by atoms with Crippen LogP contribution in [0.1, 0.15) is 39.4 Å². The fourth-order valence-corrected chi connectivity index (χ4v) is 1.56. The van der Waals surface area contributed by atoms with Crippen LogP contribution in [0, 0.1) is 5.92 Å². The molecule has 1 unspecified atom stereocenters. The highest BCUT2D eigenvalue weighted by Gasteiger charge is 2.03. The van der Waals surface area contributed by atoms with E-state index in [-0.39, 0.29) is 0 Å². The molecule has 0 aromatic carbocycles. The molecule has 1 aromatic heterocycles. The first-order valence-electron chi connectivity index (χ1n) is 5.90. The molecule has 1 rings (SSSR count). The molecule has 0 saturated heterocycles. The van der Waals surface area contributed by atoms with Crippen LogP contribution in [0.3, 0.4) is 0 Å². The lowest BCUT2D eigenvalue weighted by Crippen LogP contribution is -2.28. The molecule has 3 heteroatoms. The Balaban J connectivity index is 2.04. The van der Waals surface area contributed by atoms with Crippen LogP contribution in [0.25, 0.3) is 0 Å². The Morgan fingerprint density at radius 3 is 2.73 bits per heavy atom. The van der Waals surface area contributed by atoms with Crippen LogP contribution >= 0.6 is 0 Å². The first-order chi connectivity index (χ1) is 7.18. The van der Waals surface area contributed by atoms with Crippen molar-refractivity contribution in [2.75, 3.05) is 6.54 Å². The van der Waals surface area contributed by atoms with Crippen molar-refractivity contribution in [3.8, 4) is 0 Å². The van der Waals surface area contributed by atoms with E-state index in [1.165, 1.54) is 12.8 Å². The molecule has 15 heavy (non-hydrogen) atoms. The Labute approximate surface area is 92.7 Å². The number of hydrogen-bond donors (Lipinski definition) is 2. The summed E-state index contributed by atoms with van der Waals surface area (Å²) in [5.41, 5.74) is 0. The lowest BCUT2D eigenvalue weighted by Gasteiger charge is -2.14. The molecule has 1 heterocycles. The molecule has 0 fully saturated rings. The third-order valence-electron chi connectivity index (χ3n) is 2.59. The van der Waals surface area contributed by atoms with Gasteiger partial charge in [-0.15, -0.1) is 0 Å². The van der Waals surface area contributed by atoms with E-state index in [1.54, 1.807) is 6.20 Å². The van der Waals surface area contributed by atoms with E-state index in [9.17, 15) is 0 Å². The number of imidazole rings is 1. The van der Waals surface area contributed by atoms with Crippen LogP contribution in [0.5, 0.6) is 0 Å². The second-order valence-corrected chi connectivity index (χ2v) is 4.61. The van der Waals surface area contributed by atoms with Gasteiger partial charge in [-0.1, -0.05) is 13.8 Å². The van der Waals surface area contributed by atoms with E-state index in [2.05, 4.69) is 36.1 Å². The Bertz CT molecular complexity index is 241. The number of hydrogen-bond acceptors (Lipinski definition) is 2. The lowest BCUT2D eigenvalue weighted by atomic mass is 10.0. The maximum Gasteiger partial charge on any atom is 0.107 e. The van der Waals surface area contributed by atoms with E-state index in [0.29, 0.717) is 6.04 Å². The number of aromatic amines is 1. The van der Waals surface area contributed by atoms with Gasteiger partial charge in [0.2, 0.25) is 0 Å². The zero-order valence-electron chi connectivity index (χ0n) is 10.1. The summed E-state index contributed by atoms with van der Waals surface area (Å²) in [4.78, 5) is 7.30. The monoisotopic (exact) mass is 209 g/mol. The van der Waals surface area contributed by atoms with Gasteiger partial charge in [-0.05, 0) is 25.7 Å². The van der Waals surface area contributed by atoms with Gasteiger partial charge >= 0.3 is 0 Å². The van der Waals surface area contributed by atoms with Crippen molar-refractivity contribution >= 4 is 0 Å². The van der Waals surface area contributed by atoms with Crippen LogP contribution in [0.4, 0.5) is 0 Å². The summed E-state index contributed by atoms with van der Waals surface area (Å²) in [5, 5.41) is 3.52. The van der Waals surface area contributed by atoms with Gasteiger partial charge < -0.3 is 10.3 Å². The van der Waals surface area contributed by atoms with Crippen molar-refractivity contribution in [2.45, 2.75) is 46.1 Å². The normalized spacial score (nSPS) is 13.3. The predicted molar refractivity (Wildman–Crippen MR) is 63.8 cm³/mol. The summed E-state index contributed by atoms with van der Waals surface area (Å²) in [5.74, 6) is 1.87. The third kappa shape index (κ3) is 5.57. The topological polar surface area (TPSA) is 40.7 Å². The largest absolute Gasteiger partial charge is 0.349 e. The fourth-order valence-electron chi connectivity index (χ4n) is 1.56. The molecule has 0 radical (unpaired) electrons. The quantitative estimate of drug-likeness (QED) is 0.724. The molecule has 0 spiro atoms. The second kappa shape index (κ2) is 6.62. The standard InChI is InChI=1S/C12H23N3/c1-10(2)4-5-11(3)13-7-6-12-14-8-9-15-12/h8-11,13H,4-7H2,1-3H3,(H,14,15). The Morgan fingerprint density at radius 1 is 1.33 bits per heavy atom. The van der Waals surface area contributed by atoms with Crippen molar-refractivity contribution in [3.63, 3.8) is 0 Å². The third-order valence-corrected chi connectivity index (χ3v) is 2.59. The van der Waals surface area contributed by atoms with Crippen LogP contribution in [0.15, 0.2) is 12.4 Å². The van der Waals surface area contributed by atoms with E-state index in [0.717, 1.165) is 24.7 Å². The first kappa shape index (κ1) is 12.2. The summed E-state index contributed by atoms with van der Waals surface area (Å²) in [6.07, 6.45) is 7.22. The number of nitrogens with zero attached hydrogens (tertiary/aromatic N) is 1. The highest BCUT2D eigenvalue weighted by molar-refractivity contribution is 4.87. The summed E-state index contributed by atoms with van der Waals surface area (Å²) in [6, 6.07) is 0.613.